The van der Waals surface area contributed by atoms with Gasteiger partial charge in [0, 0.05) is 0 Å². The average Bonchev–Trinajstić information content (AvgIpc) is 2.83. The first-order valence-electron chi connectivity index (χ1n) is 9.36. The van der Waals surface area contributed by atoms with Gasteiger partial charge >= 0.3 is 0 Å². The van der Waals surface area contributed by atoms with Crippen molar-refractivity contribution in [2.75, 3.05) is 0 Å². The summed E-state index contributed by atoms with van der Waals surface area (Å²) >= 11 is 0. The van der Waals surface area contributed by atoms with Gasteiger partial charge in [-0.05, 0) is 90.4 Å². The molecule has 0 radical (unpaired) electrons. The maximum absolute atomic E-state index is 9.83. The van der Waals surface area contributed by atoms with E-state index in [1.54, 1.807) is 5.56 Å². The Morgan fingerprint density at radius 1 is 1.23 bits per heavy atom. The lowest BCUT2D eigenvalue weighted by atomic mass is 9.51. The Bertz CT molecular complexity index is 577. The molecule has 0 heterocycles. The SMILES string of the molecule is CC[C@H]1CCC2C3C(CC[C@@]21C)c1ccc(O)cc1C[C@H]3C. The van der Waals surface area contributed by atoms with Crippen molar-refractivity contribution in [1.82, 2.24) is 0 Å². The molecule has 120 valence electrons. The minimum absolute atomic E-state index is 0.442. The fourth-order valence-electron chi connectivity index (χ4n) is 6.74. The fourth-order valence-corrected chi connectivity index (χ4v) is 6.74. The Hall–Kier alpha value is -0.980. The van der Waals surface area contributed by atoms with Gasteiger partial charge in [0.05, 0.1) is 0 Å². The van der Waals surface area contributed by atoms with Gasteiger partial charge in [-0.1, -0.05) is 33.3 Å². The van der Waals surface area contributed by atoms with Gasteiger partial charge in [-0.2, -0.15) is 0 Å². The fraction of sp³-hybridized carbons (Fsp3) is 0.714. The second kappa shape index (κ2) is 5.01. The van der Waals surface area contributed by atoms with Gasteiger partial charge in [-0.25, -0.2) is 0 Å². The standard InChI is InChI=1S/C21H30O/c1-4-15-5-8-19-20-13(2)11-14-12-16(22)6-7-17(14)18(20)9-10-21(15,19)3/h6-7,12-13,15,18-20,22H,4-5,8-11H2,1-3H3/t13-,15+,18?,19?,20?,21-/m1/s1. The normalized spacial score (nSPS) is 43.3. The third kappa shape index (κ3) is 1.90. The summed E-state index contributed by atoms with van der Waals surface area (Å²) in [6.07, 6.45) is 8.20. The summed E-state index contributed by atoms with van der Waals surface area (Å²) < 4.78 is 0. The highest BCUT2D eigenvalue weighted by Crippen LogP contribution is 2.64. The van der Waals surface area contributed by atoms with Crippen LogP contribution in [0.5, 0.6) is 5.75 Å². The van der Waals surface area contributed by atoms with E-state index in [9.17, 15) is 5.11 Å². The maximum Gasteiger partial charge on any atom is 0.115 e. The molecule has 0 spiro atoms. The number of hydrogen-bond donors (Lipinski definition) is 1. The molecule has 22 heavy (non-hydrogen) atoms. The van der Waals surface area contributed by atoms with Crippen LogP contribution in [0.2, 0.25) is 0 Å². The van der Waals surface area contributed by atoms with E-state index in [1.807, 2.05) is 12.1 Å². The van der Waals surface area contributed by atoms with Gasteiger partial charge in [-0.15, -0.1) is 0 Å². The molecule has 0 aromatic heterocycles. The Morgan fingerprint density at radius 3 is 2.82 bits per heavy atom. The molecule has 0 saturated heterocycles. The zero-order valence-corrected chi connectivity index (χ0v) is 14.3. The Balaban J connectivity index is 1.73. The summed E-state index contributed by atoms with van der Waals surface area (Å²) in [6.45, 7) is 7.47. The van der Waals surface area contributed by atoms with Crippen LogP contribution in [0, 0.1) is 29.1 Å². The van der Waals surface area contributed by atoms with Crippen molar-refractivity contribution in [2.45, 2.75) is 65.2 Å². The predicted octanol–water partition coefficient (Wildman–Crippen LogP) is 5.52. The van der Waals surface area contributed by atoms with Crippen LogP contribution < -0.4 is 0 Å². The van der Waals surface area contributed by atoms with Crippen LogP contribution in [0.15, 0.2) is 18.2 Å². The molecule has 6 atom stereocenters. The van der Waals surface area contributed by atoms with Gasteiger partial charge in [-0.3, -0.25) is 0 Å². The van der Waals surface area contributed by atoms with E-state index >= 15 is 0 Å². The minimum Gasteiger partial charge on any atom is -0.508 e. The lowest BCUT2D eigenvalue weighted by Crippen LogP contribution is -2.45. The van der Waals surface area contributed by atoms with Crippen LogP contribution in [0.1, 0.15) is 69.9 Å². The lowest BCUT2D eigenvalue weighted by Gasteiger charge is -2.53. The van der Waals surface area contributed by atoms with Gasteiger partial charge < -0.3 is 5.11 Å². The molecular weight excluding hydrogens is 268 g/mol. The van der Waals surface area contributed by atoms with Crippen molar-refractivity contribution < 1.29 is 5.11 Å². The molecule has 0 bridgehead atoms. The zero-order chi connectivity index (χ0) is 15.5. The molecule has 0 aliphatic heterocycles. The van der Waals surface area contributed by atoms with Crippen LogP contribution in [-0.4, -0.2) is 5.11 Å². The molecule has 1 aromatic carbocycles. The molecule has 1 heteroatoms. The van der Waals surface area contributed by atoms with Crippen molar-refractivity contribution in [3.8, 4) is 5.75 Å². The highest BCUT2D eigenvalue weighted by Gasteiger charge is 2.55. The summed E-state index contributed by atoms with van der Waals surface area (Å²) in [6, 6.07) is 6.16. The van der Waals surface area contributed by atoms with Crippen molar-refractivity contribution in [3.63, 3.8) is 0 Å². The Kier molecular flexibility index (Phi) is 3.33. The van der Waals surface area contributed by atoms with E-state index < -0.39 is 0 Å². The number of phenolic OH excluding ortho intramolecular Hbond substituents is 1. The van der Waals surface area contributed by atoms with E-state index in [0.717, 1.165) is 36.0 Å². The molecule has 1 nitrogen and oxygen atoms in total. The predicted molar refractivity (Wildman–Crippen MR) is 91.1 cm³/mol. The Labute approximate surface area is 135 Å². The third-order valence-corrected chi connectivity index (χ3v) is 7.75. The molecule has 3 aliphatic rings. The molecule has 0 amide bonds. The minimum atomic E-state index is 0.442. The maximum atomic E-state index is 9.83. The monoisotopic (exact) mass is 298 g/mol. The summed E-state index contributed by atoms with van der Waals surface area (Å²) in [5.41, 5.74) is 3.57. The molecule has 4 rings (SSSR count). The molecule has 1 aromatic rings. The van der Waals surface area contributed by atoms with Gasteiger partial charge in [0.2, 0.25) is 0 Å². The second-order valence-electron chi connectivity index (χ2n) is 8.58. The summed E-state index contributed by atoms with van der Waals surface area (Å²) in [5, 5.41) is 9.83. The van der Waals surface area contributed by atoms with Crippen molar-refractivity contribution >= 4 is 0 Å². The number of benzene rings is 1. The highest BCUT2D eigenvalue weighted by molar-refractivity contribution is 5.40. The van der Waals surface area contributed by atoms with Crippen LogP contribution in [0.3, 0.4) is 0 Å². The molecule has 3 unspecified atom stereocenters. The van der Waals surface area contributed by atoms with E-state index in [2.05, 4.69) is 26.8 Å². The van der Waals surface area contributed by atoms with Crippen molar-refractivity contribution in [1.29, 1.82) is 0 Å². The summed E-state index contributed by atoms with van der Waals surface area (Å²) in [4.78, 5) is 0. The quantitative estimate of drug-likeness (QED) is 0.723. The second-order valence-corrected chi connectivity index (χ2v) is 8.58. The van der Waals surface area contributed by atoms with Crippen LogP contribution in [0.4, 0.5) is 0 Å². The van der Waals surface area contributed by atoms with Crippen LogP contribution in [-0.2, 0) is 6.42 Å². The topological polar surface area (TPSA) is 20.2 Å². The molecule has 2 fully saturated rings. The number of rotatable bonds is 1. The van der Waals surface area contributed by atoms with Gasteiger partial charge in [0.1, 0.15) is 5.75 Å². The number of hydrogen-bond acceptors (Lipinski definition) is 1. The average molecular weight is 298 g/mol. The first-order chi connectivity index (χ1) is 10.5. The molecular formula is C21H30O. The smallest absolute Gasteiger partial charge is 0.115 e. The van der Waals surface area contributed by atoms with Crippen LogP contribution in [0.25, 0.3) is 0 Å². The Morgan fingerprint density at radius 2 is 2.05 bits per heavy atom. The highest BCUT2D eigenvalue weighted by atomic mass is 16.3. The van der Waals surface area contributed by atoms with Crippen molar-refractivity contribution in [2.24, 2.45) is 29.1 Å². The lowest BCUT2D eigenvalue weighted by molar-refractivity contribution is 0.00489. The van der Waals surface area contributed by atoms with Crippen molar-refractivity contribution in [3.05, 3.63) is 29.3 Å². The third-order valence-electron chi connectivity index (χ3n) is 7.75. The first kappa shape index (κ1) is 14.6. The largest absolute Gasteiger partial charge is 0.508 e. The van der Waals surface area contributed by atoms with E-state index in [-0.39, 0.29) is 0 Å². The molecule has 1 N–H and O–H groups in total. The summed E-state index contributed by atoms with van der Waals surface area (Å²) in [5.74, 6) is 4.69. The number of fused-ring (bicyclic) bond motifs is 5. The summed E-state index contributed by atoms with van der Waals surface area (Å²) in [7, 11) is 0. The number of aromatic hydroxyl groups is 1. The van der Waals surface area contributed by atoms with Crippen LogP contribution >= 0.6 is 0 Å². The molecule has 3 aliphatic carbocycles. The van der Waals surface area contributed by atoms with Gasteiger partial charge in [0.25, 0.3) is 0 Å². The van der Waals surface area contributed by atoms with E-state index in [1.165, 1.54) is 37.7 Å². The van der Waals surface area contributed by atoms with E-state index in [4.69, 9.17) is 0 Å². The first-order valence-corrected chi connectivity index (χ1v) is 9.36. The zero-order valence-electron chi connectivity index (χ0n) is 14.3. The van der Waals surface area contributed by atoms with Gasteiger partial charge in [0.15, 0.2) is 0 Å². The molecule has 2 saturated carbocycles. The number of phenols is 1. The van der Waals surface area contributed by atoms with E-state index in [0.29, 0.717) is 11.2 Å².